The first-order valence-corrected chi connectivity index (χ1v) is 8.62. The van der Waals surface area contributed by atoms with Crippen LogP contribution in [-0.2, 0) is 11.2 Å². The topological polar surface area (TPSA) is 98.2 Å². The van der Waals surface area contributed by atoms with Gasteiger partial charge in [-0.1, -0.05) is 54.6 Å². The molecule has 0 spiro atoms. The molecule has 3 aromatic rings. The van der Waals surface area contributed by atoms with Gasteiger partial charge in [-0.25, -0.2) is 0 Å². The summed E-state index contributed by atoms with van der Waals surface area (Å²) in [5, 5.41) is 2.77. The molecule has 0 bridgehead atoms. The summed E-state index contributed by atoms with van der Waals surface area (Å²) in [5.41, 5.74) is 15.0. The second-order valence-corrected chi connectivity index (χ2v) is 6.27. The monoisotopic (exact) mass is 359 g/mol. The fourth-order valence-electron chi connectivity index (χ4n) is 2.74. The summed E-state index contributed by atoms with van der Waals surface area (Å²) in [6, 6.07) is 22.5. The highest BCUT2D eigenvalue weighted by Crippen LogP contribution is 2.19. The number of para-hydroxylation sites is 2. The van der Waals surface area contributed by atoms with Crippen LogP contribution in [0.15, 0.2) is 78.9 Å². The zero-order chi connectivity index (χ0) is 19.2. The minimum Gasteiger partial charge on any atom is -0.397 e. The number of hydrogen-bond acceptors (Lipinski definition) is 4. The van der Waals surface area contributed by atoms with Crippen molar-refractivity contribution in [3.63, 3.8) is 0 Å². The first-order valence-electron chi connectivity index (χ1n) is 8.62. The highest BCUT2D eigenvalue weighted by Gasteiger charge is 2.17. The Bertz CT molecular complexity index is 937. The minimum atomic E-state index is -0.730. The number of hydrogen-bond donors (Lipinski definition) is 3. The van der Waals surface area contributed by atoms with Crippen molar-refractivity contribution in [2.45, 2.75) is 12.5 Å². The highest BCUT2D eigenvalue weighted by atomic mass is 16.1. The van der Waals surface area contributed by atoms with Crippen molar-refractivity contribution < 1.29 is 9.59 Å². The van der Waals surface area contributed by atoms with E-state index in [1.807, 2.05) is 30.3 Å². The zero-order valence-electron chi connectivity index (χ0n) is 14.8. The second-order valence-electron chi connectivity index (χ2n) is 6.27. The van der Waals surface area contributed by atoms with E-state index >= 15 is 0 Å². The van der Waals surface area contributed by atoms with E-state index in [0.717, 1.165) is 5.56 Å². The molecule has 0 heterocycles. The maximum atomic E-state index is 12.4. The molecule has 1 amide bonds. The summed E-state index contributed by atoms with van der Waals surface area (Å²) in [6.45, 7) is 0. The van der Waals surface area contributed by atoms with E-state index in [1.165, 1.54) is 0 Å². The number of amides is 1. The smallest absolute Gasteiger partial charge is 0.255 e. The van der Waals surface area contributed by atoms with Crippen LogP contribution in [0.4, 0.5) is 11.4 Å². The molecule has 3 rings (SSSR count). The Hall–Kier alpha value is -3.44. The summed E-state index contributed by atoms with van der Waals surface area (Å²) in [5.74, 6) is -0.348. The van der Waals surface area contributed by atoms with Gasteiger partial charge in [0.1, 0.15) is 0 Å². The van der Waals surface area contributed by atoms with E-state index in [1.54, 1.807) is 48.5 Å². The SMILES string of the molecule is Nc1ccccc1NC(=O)c1ccc(C(N)C(=O)Cc2ccccc2)cc1. The van der Waals surface area contributed by atoms with Crippen LogP contribution in [0.2, 0.25) is 0 Å². The number of rotatable bonds is 6. The molecule has 5 heteroatoms. The molecule has 0 aromatic heterocycles. The lowest BCUT2D eigenvalue weighted by atomic mass is 9.97. The van der Waals surface area contributed by atoms with Crippen LogP contribution in [0, 0.1) is 0 Å². The average molecular weight is 359 g/mol. The van der Waals surface area contributed by atoms with Gasteiger partial charge in [0.2, 0.25) is 0 Å². The molecule has 1 unspecified atom stereocenters. The molecule has 0 aliphatic carbocycles. The van der Waals surface area contributed by atoms with Gasteiger partial charge in [-0.15, -0.1) is 0 Å². The van der Waals surface area contributed by atoms with Crippen molar-refractivity contribution in [2.75, 3.05) is 11.1 Å². The Balaban J connectivity index is 1.66. The Morgan fingerprint density at radius 2 is 1.48 bits per heavy atom. The van der Waals surface area contributed by atoms with Crippen LogP contribution in [0.3, 0.4) is 0 Å². The predicted octanol–water partition coefficient (Wildman–Crippen LogP) is 3.33. The highest BCUT2D eigenvalue weighted by molar-refractivity contribution is 6.05. The van der Waals surface area contributed by atoms with Gasteiger partial charge < -0.3 is 16.8 Å². The van der Waals surface area contributed by atoms with Crippen molar-refractivity contribution >= 4 is 23.1 Å². The van der Waals surface area contributed by atoms with E-state index in [0.29, 0.717) is 22.5 Å². The van der Waals surface area contributed by atoms with Gasteiger partial charge in [0.25, 0.3) is 5.91 Å². The summed E-state index contributed by atoms with van der Waals surface area (Å²) in [7, 11) is 0. The van der Waals surface area contributed by atoms with Crippen LogP contribution >= 0.6 is 0 Å². The number of nitrogens with two attached hydrogens (primary N) is 2. The van der Waals surface area contributed by atoms with Gasteiger partial charge in [0.15, 0.2) is 5.78 Å². The van der Waals surface area contributed by atoms with Crippen LogP contribution in [0.1, 0.15) is 27.5 Å². The van der Waals surface area contributed by atoms with E-state index in [4.69, 9.17) is 11.5 Å². The lowest BCUT2D eigenvalue weighted by Crippen LogP contribution is -2.23. The van der Waals surface area contributed by atoms with Crippen LogP contribution < -0.4 is 16.8 Å². The largest absolute Gasteiger partial charge is 0.397 e. The van der Waals surface area contributed by atoms with Crippen molar-refractivity contribution in [1.29, 1.82) is 0 Å². The molecule has 1 atom stereocenters. The minimum absolute atomic E-state index is 0.0736. The molecule has 0 saturated carbocycles. The first kappa shape index (κ1) is 18.4. The maximum absolute atomic E-state index is 12.4. The summed E-state index contributed by atoms with van der Waals surface area (Å²) in [4.78, 5) is 24.7. The molecule has 5 nitrogen and oxygen atoms in total. The summed E-state index contributed by atoms with van der Waals surface area (Å²) < 4.78 is 0. The number of Topliss-reactive ketones (excluding diaryl/α,β-unsaturated/α-hetero) is 1. The third kappa shape index (κ3) is 4.59. The fraction of sp³-hybridized carbons (Fsp3) is 0.0909. The van der Waals surface area contributed by atoms with E-state index in [9.17, 15) is 9.59 Å². The number of carbonyl (C=O) groups is 2. The number of nitrogens with one attached hydrogen (secondary N) is 1. The second kappa shape index (κ2) is 8.29. The van der Waals surface area contributed by atoms with Gasteiger partial charge in [0.05, 0.1) is 17.4 Å². The molecular weight excluding hydrogens is 338 g/mol. The summed E-state index contributed by atoms with van der Waals surface area (Å²) >= 11 is 0. The lowest BCUT2D eigenvalue weighted by Gasteiger charge is -2.12. The van der Waals surface area contributed by atoms with Gasteiger partial charge >= 0.3 is 0 Å². The molecule has 0 aliphatic heterocycles. The van der Waals surface area contributed by atoms with Crippen LogP contribution in [0.5, 0.6) is 0 Å². The van der Waals surface area contributed by atoms with Crippen LogP contribution in [0.25, 0.3) is 0 Å². The molecule has 136 valence electrons. The van der Waals surface area contributed by atoms with Gasteiger partial charge in [0, 0.05) is 12.0 Å². The number of ketones is 1. The molecule has 5 N–H and O–H groups in total. The number of anilines is 2. The first-order chi connectivity index (χ1) is 13.0. The number of carbonyl (C=O) groups excluding carboxylic acids is 2. The normalized spacial score (nSPS) is 11.6. The molecular formula is C22H21N3O2. The van der Waals surface area contributed by atoms with Crippen molar-refractivity contribution in [3.8, 4) is 0 Å². The Kier molecular flexibility index (Phi) is 5.64. The standard InChI is InChI=1S/C22H21N3O2/c23-18-8-4-5-9-19(18)25-22(27)17-12-10-16(11-13-17)21(24)20(26)14-15-6-2-1-3-7-15/h1-13,21H,14,23-24H2,(H,25,27). The van der Waals surface area contributed by atoms with Crippen LogP contribution in [-0.4, -0.2) is 11.7 Å². The predicted molar refractivity (Wildman–Crippen MR) is 107 cm³/mol. The third-order valence-corrected chi connectivity index (χ3v) is 4.31. The van der Waals surface area contributed by atoms with Crippen molar-refractivity contribution in [3.05, 3.63) is 95.6 Å². The van der Waals surface area contributed by atoms with Crippen molar-refractivity contribution in [1.82, 2.24) is 0 Å². The van der Waals surface area contributed by atoms with Crippen molar-refractivity contribution in [2.24, 2.45) is 5.73 Å². The Morgan fingerprint density at radius 3 is 2.15 bits per heavy atom. The zero-order valence-corrected chi connectivity index (χ0v) is 14.8. The molecule has 0 radical (unpaired) electrons. The molecule has 0 saturated heterocycles. The van der Waals surface area contributed by atoms with Gasteiger partial charge in [-0.2, -0.15) is 0 Å². The maximum Gasteiger partial charge on any atom is 0.255 e. The molecule has 3 aromatic carbocycles. The third-order valence-electron chi connectivity index (χ3n) is 4.31. The molecule has 0 fully saturated rings. The van der Waals surface area contributed by atoms with E-state index < -0.39 is 6.04 Å². The molecule has 27 heavy (non-hydrogen) atoms. The fourth-order valence-corrected chi connectivity index (χ4v) is 2.74. The van der Waals surface area contributed by atoms with Gasteiger partial charge in [-0.3, -0.25) is 9.59 Å². The molecule has 0 aliphatic rings. The number of nitrogen functional groups attached to an aromatic ring is 1. The summed E-state index contributed by atoms with van der Waals surface area (Å²) in [6.07, 6.45) is 0.275. The lowest BCUT2D eigenvalue weighted by molar-refractivity contribution is -0.119. The van der Waals surface area contributed by atoms with E-state index in [-0.39, 0.29) is 18.1 Å². The quantitative estimate of drug-likeness (QED) is 0.588. The average Bonchev–Trinajstić information content (AvgIpc) is 2.70. The Labute approximate surface area is 158 Å². The van der Waals surface area contributed by atoms with Gasteiger partial charge in [-0.05, 0) is 35.4 Å². The number of benzene rings is 3. The van der Waals surface area contributed by atoms with E-state index in [2.05, 4.69) is 5.32 Å². The Morgan fingerprint density at radius 1 is 0.852 bits per heavy atom.